The van der Waals surface area contributed by atoms with Gasteiger partial charge in [0.25, 0.3) is 0 Å². The molecule has 0 aliphatic carbocycles. The Morgan fingerprint density at radius 2 is 2.20 bits per heavy atom. The minimum Gasteiger partial charge on any atom is -0.325 e. The number of amides is 1. The number of carbonyl (C=O) groups is 1. The number of nitrogens with zero attached hydrogens (tertiary/aromatic N) is 3. The van der Waals surface area contributed by atoms with E-state index in [0.29, 0.717) is 5.03 Å². The third kappa shape index (κ3) is 3.74. The van der Waals surface area contributed by atoms with Crippen LogP contribution in [0.15, 0.2) is 41.0 Å². The molecule has 0 saturated carbocycles. The quantitative estimate of drug-likeness (QED) is 0.313. The van der Waals surface area contributed by atoms with Crippen LogP contribution < -0.4 is 5.32 Å². The van der Waals surface area contributed by atoms with E-state index in [0.717, 1.165) is 22.3 Å². The summed E-state index contributed by atoms with van der Waals surface area (Å²) in [5, 5.41) is 16.3. The largest absolute Gasteiger partial charge is 0.325 e. The van der Waals surface area contributed by atoms with E-state index < -0.39 is 21.7 Å². The molecule has 0 fully saturated rings. The molecule has 2 heterocycles. The number of thiophene rings is 1. The Morgan fingerprint density at radius 1 is 1.40 bits per heavy atom. The molecule has 0 bridgehead atoms. The van der Waals surface area contributed by atoms with Crippen LogP contribution in [-0.2, 0) is 4.79 Å². The van der Waals surface area contributed by atoms with Crippen LogP contribution in [-0.4, -0.2) is 26.0 Å². The molecular weight excluding hydrogens is 367 g/mol. The van der Waals surface area contributed by atoms with Crippen molar-refractivity contribution in [2.45, 2.75) is 17.2 Å². The van der Waals surface area contributed by atoms with Gasteiger partial charge in [-0.2, -0.15) is 4.39 Å². The molecule has 2 aromatic heterocycles. The van der Waals surface area contributed by atoms with Crippen molar-refractivity contribution < 1.29 is 14.1 Å². The molecule has 0 unspecified atom stereocenters. The van der Waals surface area contributed by atoms with Gasteiger partial charge in [0.15, 0.2) is 0 Å². The number of anilines is 1. The molecule has 1 amide bonds. The van der Waals surface area contributed by atoms with Gasteiger partial charge in [-0.15, -0.1) is 11.3 Å². The average molecular weight is 378 g/mol. The fraction of sp³-hybridized carbons (Fsp3) is 0.133. The van der Waals surface area contributed by atoms with Crippen LogP contribution in [0.3, 0.4) is 0 Å². The number of hydrogen-bond donors (Lipinski definition) is 1. The molecule has 0 saturated heterocycles. The van der Waals surface area contributed by atoms with Crippen molar-refractivity contribution in [3.05, 3.63) is 51.9 Å². The molecule has 3 rings (SSSR count). The number of thioether (sulfide) groups is 1. The molecular formula is C15H11FN4O3S2. The maximum Gasteiger partial charge on any atom is 0.306 e. The van der Waals surface area contributed by atoms with Gasteiger partial charge in [0.1, 0.15) is 16.2 Å². The van der Waals surface area contributed by atoms with E-state index in [4.69, 9.17) is 0 Å². The second kappa shape index (κ2) is 7.11. The highest BCUT2D eigenvalue weighted by atomic mass is 32.2. The zero-order chi connectivity index (χ0) is 18.0. The minimum absolute atomic E-state index is 0.161. The number of nitrogens with one attached hydrogen (secondary N) is 1. The van der Waals surface area contributed by atoms with Crippen LogP contribution in [0.25, 0.3) is 10.2 Å². The van der Waals surface area contributed by atoms with Gasteiger partial charge in [0.2, 0.25) is 11.7 Å². The highest BCUT2D eigenvalue weighted by molar-refractivity contribution is 8.00. The molecule has 0 spiro atoms. The number of nitro benzene ring substituents is 1. The summed E-state index contributed by atoms with van der Waals surface area (Å²) in [6.45, 7) is 1.69. The van der Waals surface area contributed by atoms with Gasteiger partial charge in [-0.25, -0.2) is 9.97 Å². The van der Waals surface area contributed by atoms with Crippen LogP contribution in [0.1, 0.15) is 6.92 Å². The highest BCUT2D eigenvalue weighted by Gasteiger charge is 2.20. The molecule has 1 atom stereocenters. The summed E-state index contributed by atoms with van der Waals surface area (Å²) in [5.74, 6) is -1.32. The third-order valence-corrected chi connectivity index (χ3v) is 5.23. The first-order valence-corrected chi connectivity index (χ1v) is 8.81. The normalized spacial score (nSPS) is 12.1. The Bertz CT molecular complexity index is 963. The summed E-state index contributed by atoms with van der Waals surface area (Å²) in [7, 11) is 0. The molecule has 128 valence electrons. The van der Waals surface area contributed by atoms with Crippen molar-refractivity contribution in [3.63, 3.8) is 0 Å². The monoisotopic (exact) mass is 378 g/mol. The van der Waals surface area contributed by atoms with E-state index >= 15 is 0 Å². The predicted octanol–water partition coefficient (Wildman–Crippen LogP) is 3.86. The van der Waals surface area contributed by atoms with Crippen LogP contribution in [0, 0.1) is 15.9 Å². The van der Waals surface area contributed by atoms with Crippen molar-refractivity contribution in [1.29, 1.82) is 0 Å². The van der Waals surface area contributed by atoms with Crippen molar-refractivity contribution in [2.24, 2.45) is 0 Å². The summed E-state index contributed by atoms with van der Waals surface area (Å²) in [5.41, 5.74) is -0.525. The zero-order valence-electron chi connectivity index (χ0n) is 12.8. The van der Waals surface area contributed by atoms with Gasteiger partial charge < -0.3 is 5.32 Å². The molecule has 10 heteroatoms. The number of benzene rings is 1. The summed E-state index contributed by atoms with van der Waals surface area (Å²) >= 11 is 2.74. The molecule has 25 heavy (non-hydrogen) atoms. The molecule has 0 aliphatic heterocycles. The Labute approximate surface area is 149 Å². The van der Waals surface area contributed by atoms with Crippen molar-refractivity contribution >= 4 is 50.6 Å². The number of carbonyl (C=O) groups excluding carboxylic acids is 1. The number of rotatable bonds is 5. The number of nitro groups is 1. The smallest absolute Gasteiger partial charge is 0.306 e. The summed E-state index contributed by atoms with van der Waals surface area (Å²) in [6.07, 6.45) is 1.44. The molecule has 3 aromatic rings. The molecule has 0 aliphatic rings. The second-order valence-electron chi connectivity index (χ2n) is 4.99. The summed E-state index contributed by atoms with van der Waals surface area (Å²) in [4.78, 5) is 31.4. The van der Waals surface area contributed by atoms with Crippen LogP contribution in [0.2, 0.25) is 0 Å². The zero-order valence-corrected chi connectivity index (χ0v) is 14.4. The van der Waals surface area contributed by atoms with Gasteiger partial charge in [-0.3, -0.25) is 14.9 Å². The van der Waals surface area contributed by atoms with E-state index in [1.54, 1.807) is 6.92 Å². The minimum atomic E-state index is -0.953. The maximum absolute atomic E-state index is 13.3. The lowest BCUT2D eigenvalue weighted by molar-refractivity contribution is -0.387. The van der Waals surface area contributed by atoms with Crippen LogP contribution in [0.5, 0.6) is 0 Å². The van der Waals surface area contributed by atoms with E-state index in [1.165, 1.54) is 35.5 Å². The number of fused-ring (bicyclic) bond motifs is 1. The fourth-order valence-electron chi connectivity index (χ4n) is 2.06. The Morgan fingerprint density at radius 3 is 2.96 bits per heavy atom. The lowest BCUT2D eigenvalue weighted by Gasteiger charge is -2.12. The Balaban J connectivity index is 1.74. The first-order valence-electron chi connectivity index (χ1n) is 7.05. The average Bonchev–Trinajstić information content (AvgIpc) is 3.06. The number of halogens is 1. The summed E-state index contributed by atoms with van der Waals surface area (Å²) < 4.78 is 13.3. The molecule has 7 nitrogen and oxygen atoms in total. The number of hydrogen-bond acceptors (Lipinski definition) is 7. The maximum atomic E-state index is 13.3. The van der Waals surface area contributed by atoms with Gasteiger partial charge >= 0.3 is 5.69 Å². The van der Waals surface area contributed by atoms with Crippen molar-refractivity contribution in [3.8, 4) is 0 Å². The third-order valence-electron chi connectivity index (χ3n) is 3.29. The molecule has 1 N–H and O–H groups in total. The lowest BCUT2D eigenvalue weighted by Crippen LogP contribution is -2.22. The predicted molar refractivity (Wildman–Crippen MR) is 94.4 cm³/mol. The van der Waals surface area contributed by atoms with Gasteiger partial charge in [0.05, 0.1) is 10.2 Å². The lowest BCUT2D eigenvalue weighted by atomic mass is 10.2. The second-order valence-corrected chi connectivity index (χ2v) is 7.21. The van der Waals surface area contributed by atoms with Crippen molar-refractivity contribution in [1.82, 2.24) is 9.97 Å². The van der Waals surface area contributed by atoms with E-state index in [-0.39, 0.29) is 11.6 Å². The standard InChI is InChI=1S/C15H11FN4O3S2/c1-8(25-15-10-4-5-24-14(10)17-7-18-15)13(21)19-9-2-3-11(16)12(6-9)20(22)23/h2-8H,1H3,(H,19,21)/t8-/m0/s1. The SMILES string of the molecule is C[C@H](Sc1ncnc2sccc12)C(=O)Nc1ccc(F)c([N+](=O)[O-])c1. The first kappa shape index (κ1) is 17.2. The van der Waals surface area contributed by atoms with E-state index in [9.17, 15) is 19.3 Å². The van der Waals surface area contributed by atoms with E-state index in [1.807, 2.05) is 11.4 Å². The van der Waals surface area contributed by atoms with Crippen LogP contribution in [0.4, 0.5) is 15.8 Å². The van der Waals surface area contributed by atoms with E-state index in [2.05, 4.69) is 15.3 Å². The molecule has 1 aromatic carbocycles. The highest BCUT2D eigenvalue weighted by Crippen LogP contribution is 2.31. The van der Waals surface area contributed by atoms with Gasteiger partial charge in [0, 0.05) is 17.1 Å². The van der Waals surface area contributed by atoms with Gasteiger partial charge in [-0.1, -0.05) is 11.8 Å². The van der Waals surface area contributed by atoms with Gasteiger partial charge in [-0.05, 0) is 30.5 Å². The number of aromatic nitrogens is 2. The van der Waals surface area contributed by atoms with Crippen LogP contribution >= 0.6 is 23.1 Å². The Kier molecular flexibility index (Phi) is 4.91. The first-order chi connectivity index (χ1) is 12.0. The topological polar surface area (TPSA) is 98.0 Å². The van der Waals surface area contributed by atoms with Crippen molar-refractivity contribution in [2.75, 3.05) is 5.32 Å². The summed E-state index contributed by atoms with van der Waals surface area (Å²) in [6, 6.07) is 5.10. The molecule has 0 radical (unpaired) electrons. The Hall–Kier alpha value is -2.59. The fourth-order valence-corrected chi connectivity index (χ4v) is 3.75.